The SMILES string of the molecule is CCCN(C)C(CN)c1ccccc1OCC. The van der Waals surface area contributed by atoms with Gasteiger partial charge in [-0.05, 0) is 33.0 Å². The van der Waals surface area contributed by atoms with Crippen LogP contribution in [0.1, 0.15) is 31.9 Å². The van der Waals surface area contributed by atoms with Crippen LogP contribution in [0.15, 0.2) is 24.3 Å². The third kappa shape index (κ3) is 3.72. The van der Waals surface area contributed by atoms with Crippen LogP contribution in [0.5, 0.6) is 5.75 Å². The Balaban J connectivity index is 2.93. The van der Waals surface area contributed by atoms with Gasteiger partial charge in [-0.25, -0.2) is 0 Å². The molecule has 3 nitrogen and oxygen atoms in total. The van der Waals surface area contributed by atoms with E-state index >= 15 is 0 Å². The van der Waals surface area contributed by atoms with Crippen LogP contribution in [0.3, 0.4) is 0 Å². The second-order valence-corrected chi connectivity index (χ2v) is 4.20. The van der Waals surface area contributed by atoms with E-state index in [1.165, 1.54) is 5.56 Å². The largest absolute Gasteiger partial charge is 0.494 e. The van der Waals surface area contributed by atoms with Crippen molar-refractivity contribution in [3.8, 4) is 5.75 Å². The van der Waals surface area contributed by atoms with Gasteiger partial charge in [-0.2, -0.15) is 0 Å². The van der Waals surface area contributed by atoms with E-state index in [2.05, 4.69) is 24.9 Å². The Morgan fingerprint density at radius 1 is 1.29 bits per heavy atom. The number of benzene rings is 1. The molecule has 0 bridgehead atoms. The van der Waals surface area contributed by atoms with Crippen LogP contribution in [0.25, 0.3) is 0 Å². The number of rotatable bonds is 7. The number of nitrogens with zero attached hydrogens (tertiary/aromatic N) is 1. The van der Waals surface area contributed by atoms with Gasteiger partial charge in [0.2, 0.25) is 0 Å². The van der Waals surface area contributed by atoms with Crippen LogP contribution >= 0.6 is 0 Å². The van der Waals surface area contributed by atoms with Crippen molar-refractivity contribution in [1.82, 2.24) is 4.90 Å². The lowest BCUT2D eigenvalue weighted by molar-refractivity contribution is 0.241. The highest BCUT2D eigenvalue weighted by molar-refractivity contribution is 5.36. The highest BCUT2D eigenvalue weighted by atomic mass is 16.5. The molecule has 2 N–H and O–H groups in total. The lowest BCUT2D eigenvalue weighted by Gasteiger charge is -2.28. The first-order valence-electron chi connectivity index (χ1n) is 6.36. The Kier molecular flexibility index (Phi) is 6.01. The number of likely N-dealkylation sites (N-methyl/N-ethyl adjacent to an activating group) is 1. The van der Waals surface area contributed by atoms with Gasteiger partial charge in [0.05, 0.1) is 12.6 Å². The molecule has 0 saturated carbocycles. The minimum atomic E-state index is 0.234. The van der Waals surface area contributed by atoms with Crippen molar-refractivity contribution in [2.24, 2.45) is 5.73 Å². The second-order valence-electron chi connectivity index (χ2n) is 4.20. The smallest absolute Gasteiger partial charge is 0.124 e. The van der Waals surface area contributed by atoms with Crippen molar-refractivity contribution in [2.75, 3.05) is 26.7 Å². The van der Waals surface area contributed by atoms with Gasteiger partial charge in [0.15, 0.2) is 0 Å². The average molecular weight is 236 g/mol. The first-order chi connectivity index (χ1) is 8.24. The zero-order chi connectivity index (χ0) is 12.7. The highest BCUT2D eigenvalue weighted by Gasteiger charge is 2.18. The fraction of sp³-hybridized carbons (Fsp3) is 0.571. The van der Waals surface area contributed by atoms with Crippen molar-refractivity contribution in [2.45, 2.75) is 26.3 Å². The number of ether oxygens (including phenoxy) is 1. The maximum atomic E-state index is 5.90. The summed E-state index contributed by atoms with van der Waals surface area (Å²) in [5, 5.41) is 0. The van der Waals surface area contributed by atoms with E-state index in [0.29, 0.717) is 13.2 Å². The maximum absolute atomic E-state index is 5.90. The summed E-state index contributed by atoms with van der Waals surface area (Å²) in [6.07, 6.45) is 1.13. The standard InChI is InChI=1S/C14H24N2O/c1-4-10-16(3)13(11-15)12-8-6-7-9-14(12)17-5-2/h6-9,13H,4-5,10-11,15H2,1-3H3. The minimum absolute atomic E-state index is 0.234. The molecule has 1 aromatic rings. The summed E-state index contributed by atoms with van der Waals surface area (Å²) in [6.45, 7) is 6.53. The fourth-order valence-corrected chi connectivity index (χ4v) is 2.10. The van der Waals surface area contributed by atoms with E-state index < -0.39 is 0 Å². The van der Waals surface area contributed by atoms with Crippen molar-refractivity contribution in [1.29, 1.82) is 0 Å². The molecule has 0 aromatic heterocycles. The molecule has 0 radical (unpaired) electrons. The van der Waals surface area contributed by atoms with Crippen LogP contribution in [0.2, 0.25) is 0 Å². The Morgan fingerprint density at radius 2 is 2.00 bits per heavy atom. The molecule has 0 spiro atoms. The Hall–Kier alpha value is -1.06. The summed E-state index contributed by atoms with van der Waals surface area (Å²) >= 11 is 0. The first-order valence-corrected chi connectivity index (χ1v) is 6.36. The first kappa shape index (κ1) is 14.0. The predicted octanol–water partition coefficient (Wildman–Crippen LogP) is 2.43. The zero-order valence-electron chi connectivity index (χ0n) is 11.1. The van der Waals surface area contributed by atoms with Gasteiger partial charge in [0.1, 0.15) is 5.75 Å². The maximum Gasteiger partial charge on any atom is 0.124 e. The lowest BCUT2D eigenvalue weighted by atomic mass is 10.0. The fourth-order valence-electron chi connectivity index (χ4n) is 2.10. The Bertz CT molecular complexity index is 328. The predicted molar refractivity (Wildman–Crippen MR) is 72.3 cm³/mol. The summed E-state index contributed by atoms with van der Waals surface area (Å²) in [7, 11) is 2.11. The van der Waals surface area contributed by atoms with E-state index in [4.69, 9.17) is 10.5 Å². The lowest BCUT2D eigenvalue weighted by Crippen LogP contribution is -2.31. The number of para-hydroxylation sites is 1. The molecule has 0 aliphatic heterocycles. The van der Waals surface area contributed by atoms with E-state index in [1.54, 1.807) is 0 Å². The monoisotopic (exact) mass is 236 g/mol. The van der Waals surface area contributed by atoms with Crippen LogP contribution in [0, 0.1) is 0 Å². The molecule has 96 valence electrons. The highest BCUT2D eigenvalue weighted by Crippen LogP contribution is 2.28. The quantitative estimate of drug-likeness (QED) is 0.790. The van der Waals surface area contributed by atoms with Crippen molar-refractivity contribution in [3.63, 3.8) is 0 Å². The molecule has 1 atom stereocenters. The molecule has 1 rings (SSSR count). The van der Waals surface area contributed by atoms with Gasteiger partial charge in [-0.1, -0.05) is 25.1 Å². The van der Waals surface area contributed by atoms with E-state index in [-0.39, 0.29) is 6.04 Å². The Morgan fingerprint density at radius 3 is 2.59 bits per heavy atom. The third-order valence-corrected chi connectivity index (χ3v) is 2.91. The summed E-state index contributed by atoms with van der Waals surface area (Å²) < 4.78 is 5.67. The van der Waals surface area contributed by atoms with Crippen LogP contribution in [-0.4, -0.2) is 31.6 Å². The van der Waals surface area contributed by atoms with Crippen LogP contribution in [-0.2, 0) is 0 Å². The van der Waals surface area contributed by atoms with Gasteiger partial charge in [0, 0.05) is 12.1 Å². The van der Waals surface area contributed by atoms with Gasteiger partial charge >= 0.3 is 0 Å². The summed E-state index contributed by atoms with van der Waals surface area (Å²) in [4.78, 5) is 2.29. The van der Waals surface area contributed by atoms with E-state index in [0.717, 1.165) is 18.7 Å². The molecule has 17 heavy (non-hydrogen) atoms. The van der Waals surface area contributed by atoms with E-state index in [1.807, 2.05) is 25.1 Å². The number of hydrogen-bond donors (Lipinski definition) is 1. The summed E-state index contributed by atoms with van der Waals surface area (Å²) in [5.74, 6) is 0.952. The third-order valence-electron chi connectivity index (χ3n) is 2.91. The van der Waals surface area contributed by atoms with Gasteiger partial charge in [-0.3, -0.25) is 4.90 Å². The topological polar surface area (TPSA) is 38.5 Å². The zero-order valence-corrected chi connectivity index (χ0v) is 11.1. The average Bonchev–Trinajstić information content (AvgIpc) is 2.33. The number of nitrogens with two attached hydrogens (primary N) is 1. The summed E-state index contributed by atoms with van der Waals surface area (Å²) in [5.41, 5.74) is 7.09. The molecule has 0 amide bonds. The molecule has 3 heteroatoms. The van der Waals surface area contributed by atoms with Gasteiger partial charge in [-0.15, -0.1) is 0 Å². The molecular formula is C14H24N2O. The van der Waals surface area contributed by atoms with Crippen LogP contribution in [0.4, 0.5) is 0 Å². The van der Waals surface area contributed by atoms with E-state index in [9.17, 15) is 0 Å². The van der Waals surface area contributed by atoms with Crippen molar-refractivity contribution >= 4 is 0 Å². The molecule has 1 unspecified atom stereocenters. The van der Waals surface area contributed by atoms with Gasteiger partial charge in [0.25, 0.3) is 0 Å². The molecule has 0 saturated heterocycles. The molecular weight excluding hydrogens is 212 g/mol. The Labute approximate surface area is 105 Å². The molecule has 0 heterocycles. The normalized spacial score (nSPS) is 12.8. The molecule has 1 aromatic carbocycles. The van der Waals surface area contributed by atoms with Gasteiger partial charge < -0.3 is 10.5 Å². The van der Waals surface area contributed by atoms with Crippen molar-refractivity contribution in [3.05, 3.63) is 29.8 Å². The van der Waals surface area contributed by atoms with Crippen LogP contribution < -0.4 is 10.5 Å². The number of hydrogen-bond acceptors (Lipinski definition) is 3. The molecule has 0 aliphatic rings. The minimum Gasteiger partial charge on any atom is -0.494 e. The van der Waals surface area contributed by atoms with Crippen molar-refractivity contribution < 1.29 is 4.74 Å². The second kappa shape index (κ2) is 7.30. The molecule has 0 aliphatic carbocycles. The molecule has 0 fully saturated rings. The summed E-state index contributed by atoms with van der Waals surface area (Å²) in [6, 6.07) is 8.40.